The lowest BCUT2D eigenvalue weighted by Crippen LogP contribution is -1.98. The van der Waals surface area contributed by atoms with Crippen LogP contribution in [0, 0.1) is 0 Å². The van der Waals surface area contributed by atoms with Gasteiger partial charge in [0.2, 0.25) is 0 Å². The van der Waals surface area contributed by atoms with E-state index in [0.29, 0.717) is 0 Å². The fourth-order valence-corrected chi connectivity index (χ4v) is 2.51. The van der Waals surface area contributed by atoms with Crippen LogP contribution in [0.4, 0.5) is 5.69 Å². The van der Waals surface area contributed by atoms with Crippen molar-refractivity contribution in [2.75, 3.05) is 5.32 Å². The standard InChI is InChI=1S/C17H14N2O/c1-2-6-16-14(5-1)15-10-12(7-8-17(15)20-16)19-11-13-4-3-9-18-13/h1-10,18-19H,11H2. The molecule has 20 heavy (non-hydrogen) atoms. The number of anilines is 1. The minimum atomic E-state index is 0.786. The van der Waals surface area contributed by atoms with Gasteiger partial charge in [-0.1, -0.05) is 18.2 Å². The second-order valence-corrected chi connectivity index (χ2v) is 4.86. The van der Waals surface area contributed by atoms with Gasteiger partial charge < -0.3 is 14.7 Å². The van der Waals surface area contributed by atoms with Gasteiger partial charge in [-0.2, -0.15) is 0 Å². The molecule has 0 unspecified atom stereocenters. The molecule has 4 aromatic rings. The molecule has 2 heterocycles. The molecule has 3 heteroatoms. The van der Waals surface area contributed by atoms with Gasteiger partial charge in [0.25, 0.3) is 0 Å². The molecule has 2 aromatic heterocycles. The van der Waals surface area contributed by atoms with Gasteiger partial charge >= 0.3 is 0 Å². The number of nitrogens with one attached hydrogen (secondary N) is 2. The van der Waals surface area contributed by atoms with E-state index in [1.54, 1.807) is 0 Å². The molecule has 0 aliphatic rings. The first-order chi connectivity index (χ1) is 9.90. The molecule has 0 aliphatic heterocycles. The summed E-state index contributed by atoms with van der Waals surface area (Å²) < 4.78 is 5.82. The molecule has 3 nitrogen and oxygen atoms in total. The van der Waals surface area contributed by atoms with Gasteiger partial charge in [-0.3, -0.25) is 0 Å². The van der Waals surface area contributed by atoms with Crippen molar-refractivity contribution in [3.8, 4) is 0 Å². The minimum Gasteiger partial charge on any atom is -0.456 e. The van der Waals surface area contributed by atoms with Gasteiger partial charge in [-0.25, -0.2) is 0 Å². The van der Waals surface area contributed by atoms with Gasteiger partial charge in [0, 0.05) is 28.4 Å². The number of rotatable bonds is 3. The van der Waals surface area contributed by atoms with E-state index in [4.69, 9.17) is 4.42 Å². The van der Waals surface area contributed by atoms with Crippen LogP contribution < -0.4 is 5.32 Å². The van der Waals surface area contributed by atoms with Crippen LogP contribution in [-0.2, 0) is 6.54 Å². The molecule has 0 amide bonds. The summed E-state index contributed by atoms with van der Waals surface area (Å²) >= 11 is 0. The van der Waals surface area contributed by atoms with Crippen molar-refractivity contribution in [2.45, 2.75) is 6.54 Å². The molecule has 0 fully saturated rings. The lowest BCUT2D eigenvalue weighted by atomic mass is 10.1. The minimum absolute atomic E-state index is 0.786. The molecule has 0 saturated heterocycles. The quantitative estimate of drug-likeness (QED) is 0.569. The predicted molar refractivity (Wildman–Crippen MR) is 81.8 cm³/mol. The van der Waals surface area contributed by atoms with E-state index < -0.39 is 0 Å². The van der Waals surface area contributed by atoms with Crippen LogP contribution >= 0.6 is 0 Å². The second-order valence-electron chi connectivity index (χ2n) is 4.86. The van der Waals surface area contributed by atoms with E-state index in [1.165, 1.54) is 5.69 Å². The first-order valence-electron chi connectivity index (χ1n) is 6.67. The maximum Gasteiger partial charge on any atom is 0.135 e. The number of furan rings is 1. The van der Waals surface area contributed by atoms with E-state index in [0.717, 1.165) is 34.2 Å². The summed E-state index contributed by atoms with van der Waals surface area (Å²) in [6, 6.07) is 18.4. The van der Waals surface area contributed by atoms with Crippen molar-refractivity contribution in [2.24, 2.45) is 0 Å². The smallest absolute Gasteiger partial charge is 0.135 e. The molecule has 4 rings (SSSR count). The Labute approximate surface area is 116 Å². The SMILES string of the molecule is c1c[nH]c(CNc2ccc3oc4ccccc4c3c2)c1. The average Bonchev–Trinajstić information content (AvgIpc) is 3.12. The summed E-state index contributed by atoms with van der Waals surface area (Å²) in [6.45, 7) is 0.786. The fourth-order valence-electron chi connectivity index (χ4n) is 2.51. The highest BCUT2D eigenvalue weighted by Gasteiger charge is 2.06. The Balaban J connectivity index is 1.72. The predicted octanol–water partition coefficient (Wildman–Crippen LogP) is 4.53. The van der Waals surface area contributed by atoms with Crippen molar-refractivity contribution in [3.05, 3.63) is 66.5 Å². The number of hydrogen-bond donors (Lipinski definition) is 2. The number of fused-ring (bicyclic) bond motifs is 3. The monoisotopic (exact) mass is 262 g/mol. The summed E-state index contributed by atoms with van der Waals surface area (Å²) in [5.41, 5.74) is 4.13. The molecule has 2 aromatic carbocycles. The molecule has 0 spiro atoms. The van der Waals surface area contributed by atoms with Crippen molar-refractivity contribution in [3.63, 3.8) is 0 Å². The maximum absolute atomic E-state index is 5.82. The summed E-state index contributed by atoms with van der Waals surface area (Å²) in [4.78, 5) is 3.19. The summed E-state index contributed by atoms with van der Waals surface area (Å²) in [6.07, 6.45) is 1.93. The molecular weight excluding hydrogens is 248 g/mol. The topological polar surface area (TPSA) is 41.0 Å². The number of hydrogen-bond acceptors (Lipinski definition) is 2. The molecule has 0 atom stereocenters. The van der Waals surface area contributed by atoms with Crippen LogP contribution in [0.25, 0.3) is 21.9 Å². The van der Waals surface area contributed by atoms with Crippen molar-refractivity contribution >= 4 is 27.6 Å². The van der Waals surface area contributed by atoms with Gasteiger partial charge in [0.1, 0.15) is 11.2 Å². The lowest BCUT2D eigenvalue weighted by Gasteiger charge is -2.04. The third-order valence-corrected chi connectivity index (χ3v) is 3.52. The largest absolute Gasteiger partial charge is 0.456 e. The number of benzene rings is 2. The third-order valence-electron chi connectivity index (χ3n) is 3.52. The van der Waals surface area contributed by atoms with Crippen LogP contribution in [0.3, 0.4) is 0 Å². The molecule has 0 radical (unpaired) electrons. The lowest BCUT2D eigenvalue weighted by molar-refractivity contribution is 0.669. The Kier molecular flexibility index (Phi) is 2.49. The number of H-pyrrole nitrogens is 1. The molecule has 2 N–H and O–H groups in total. The molecule has 0 saturated carbocycles. The van der Waals surface area contributed by atoms with E-state index >= 15 is 0 Å². The van der Waals surface area contributed by atoms with Crippen LogP contribution in [0.1, 0.15) is 5.69 Å². The molecule has 98 valence electrons. The van der Waals surface area contributed by atoms with Crippen LogP contribution in [0.2, 0.25) is 0 Å². The normalized spacial score (nSPS) is 11.2. The first kappa shape index (κ1) is 11.2. The second kappa shape index (κ2) is 4.46. The number of para-hydroxylation sites is 1. The van der Waals surface area contributed by atoms with Gasteiger partial charge in [0.05, 0.1) is 6.54 Å². The molecule has 0 bridgehead atoms. The third kappa shape index (κ3) is 1.84. The van der Waals surface area contributed by atoms with Crippen LogP contribution in [0.15, 0.2) is 65.2 Å². The Morgan fingerprint density at radius 1 is 0.900 bits per heavy atom. The van der Waals surface area contributed by atoms with E-state index in [-0.39, 0.29) is 0 Å². The van der Waals surface area contributed by atoms with E-state index in [2.05, 4.69) is 28.5 Å². The number of aromatic nitrogens is 1. The zero-order valence-electron chi connectivity index (χ0n) is 10.9. The van der Waals surface area contributed by atoms with E-state index in [1.807, 2.05) is 42.6 Å². The van der Waals surface area contributed by atoms with Crippen molar-refractivity contribution < 1.29 is 4.42 Å². The Morgan fingerprint density at radius 2 is 1.80 bits per heavy atom. The van der Waals surface area contributed by atoms with Gasteiger partial charge in [-0.15, -0.1) is 0 Å². The average molecular weight is 262 g/mol. The molecule has 0 aliphatic carbocycles. The highest BCUT2D eigenvalue weighted by molar-refractivity contribution is 6.05. The summed E-state index contributed by atoms with van der Waals surface area (Å²) in [7, 11) is 0. The van der Waals surface area contributed by atoms with Crippen LogP contribution in [-0.4, -0.2) is 4.98 Å². The zero-order valence-corrected chi connectivity index (χ0v) is 10.9. The Morgan fingerprint density at radius 3 is 2.70 bits per heavy atom. The fraction of sp³-hybridized carbons (Fsp3) is 0.0588. The zero-order chi connectivity index (χ0) is 13.4. The highest BCUT2D eigenvalue weighted by atomic mass is 16.3. The van der Waals surface area contributed by atoms with Gasteiger partial charge in [-0.05, 0) is 36.4 Å². The van der Waals surface area contributed by atoms with Crippen LogP contribution in [0.5, 0.6) is 0 Å². The Hall–Kier alpha value is -2.68. The van der Waals surface area contributed by atoms with Crippen molar-refractivity contribution in [1.82, 2.24) is 4.98 Å². The summed E-state index contributed by atoms with van der Waals surface area (Å²) in [5, 5.41) is 5.73. The first-order valence-corrected chi connectivity index (χ1v) is 6.67. The van der Waals surface area contributed by atoms with Gasteiger partial charge in [0.15, 0.2) is 0 Å². The Bertz CT molecular complexity index is 859. The highest BCUT2D eigenvalue weighted by Crippen LogP contribution is 2.30. The number of aromatic amines is 1. The van der Waals surface area contributed by atoms with Crippen molar-refractivity contribution in [1.29, 1.82) is 0 Å². The van der Waals surface area contributed by atoms with E-state index in [9.17, 15) is 0 Å². The summed E-state index contributed by atoms with van der Waals surface area (Å²) in [5.74, 6) is 0. The molecular formula is C17H14N2O. The maximum atomic E-state index is 5.82.